The Morgan fingerprint density at radius 3 is 2.92 bits per heavy atom. The molecule has 0 saturated carbocycles. The molecule has 0 fully saturated rings. The van der Waals surface area contributed by atoms with E-state index in [0.717, 1.165) is 17.8 Å². The van der Waals surface area contributed by atoms with Crippen LogP contribution in [0.3, 0.4) is 0 Å². The molecule has 3 aromatic heterocycles. The van der Waals surface area contributed by atoms with Gasteiger partial charge in [0, 0.05) is 29.9 Å². The number of thiazole rings is 1. The number of hydrogen-bond acceptors (Lipinski definition) is 6. The van der Waals surface area contributed by atoms with E-state index < -0.39 is 17.9 Å². The Hall–Kier alpha value is -3.01. The van der Waals surface area contributed by atoms with Crippen LogP contribution in [0.4, 0.5) is 5.13 Å². The zero-order valence-electron chi connectivity index (χ0n) is 13.6. The molecule has 3 aromatic rings. The number of aliphatic carboxylic acids is 1. The number of hydrogen-bond donors (Lipinski definition) is 2. The SMILES string of the molecule is CCn1cc(-c2csc(NC(=O)c3ccn(C(C)C(=O)O)n3)n2)cn1. The number of carbonyl (C=O) groups excluding carboxylic acids is 1. The second kappa shape index (κ2) is 6.85. The van der Waals surface area contributed by atoms with Crippen LogP contribution < -0.4 is 5.32 Å². The minimum atomic E-state index is -1.02. The monoisotopic (exact) mass is 360 g/mol. The first kappa shape index (κ1) is 16.8. The van der Waals surface area contributed by atoms with Gasteiger partial charge in [0.2, 0.25) is 0 Å². The normalized spacial score (nSPS) is 12.1. The Balaban J connectivity index is 1.70. The number of anilines is 1. The van der Waals surface area contributed by atoms with Crippen molar-refractivity contribution in [3.8, 4) is 11.3 Å². The van der Waals surface area contributed by atoms with E-state index in [2.05, 4.69) is 20.5 Å². The van der Waals surface area contributed by atoms with E-state index in [-0.39, 0.29) is 5.69 Å². The maximum absolute atomic E-state index is 12.2. The van der Waals surface area contributed by atoms with Gasteiger partial charge in [-0.2, -0.15) is 10.2 Å². The van der Waals surface area contributed by atoms with Crippen molar-refractivity contribution in [2.45, 2.75) is 26.4 Å². The number of carboxylic acid groups (broad SMARTS) is 1. The van der Waals surface area contributed by atoms with Crippen LogP contribution in [0.15, 0.2) is 30.0 Å². The summed E-state index contributed by atoms with van der Waals surface area (Å²) in [6.45, 7) is 4.25. The maximum atomic E-state index is 12.2. The van der Waals surface area contributed by atoms with Crippen molar-refractivity contribution >= 4 is 28.3 Å². The minimum Gasteiger partial charge on any atom is -0.480 e. The van der Waals surface area contributed by atoms with Crippen LogP contribution in [-0.2, 0) is 11.3 Å². The molecule has 25 heavy (non-hydrogen) atoms. The van der Waals surface area contributed by atoms with Crippen molar-refractivity contribution in [2.75, 3.05) is 5.32 Å². The van der Waals surface area contributed by atoms with E-state index in [1.165, 1.54) is 35.2 Å². The highest BCUT2D eigenvalue weighted by atomic mass is 32.1. The summed E-state index contributed by atoms with van der Waals surface area (Å²) in [6, 6.07) is 0.623. The van der Waals surface area contributed by atoms with Gasteiger partial charge in [0.15, 0.2) is 10.8 Å². The molecule has 0 bridgehead atoms. The van der Waals surface area contributed by atoms with Crippen LogP contribution in [0.2, 0.25) is 0 Å². The van der Waals surface area contributed by atoms with Gasteiger partial charge >= 0.3 is 5.97 Å². The van der Waals surface area contributed by atoms with Gasteiger partial charge in [0.1, 0.15) is 6.04 Å². The summed E-state index contributed by atoms with van der Waals surface area (Å²) in [6.07, 6.45) is 5.06. The highest BCUT2D eigenvalue weighted by molar-refractivity contribution is 7.14. The lowest BCUT2D eigenvalue weighted by molar-refractivity contribution is -0.140. The predicted molar refractivity (Wildman–Crippen MR) is 91.5 cm³/mol. The molecule has 0 aliphatic carbocycles. The molecule has 2 N–H and O–H groups in total. The van der Waals surface area contributed by atoms with Gasteiger partial charge in [-0.25, -0.2) is 9.78 Å². The number of nitrogens with one attached hydrogen (secondary N) is 1. The van der Waals surface area contributed by atoms with Gasteiger partial charge in [-0.15, -0.1) is 11.3 Å². The van der Waals surface area contributed by atoms with Crippen LogP contribution in [0, 0.1) is 0 Å². The molecule has 0 aliphatic heterocycles. The third-order valence-electron chi connectivity index (χ3n) is 3.57. The van der Waals surface area contributed by atoms with Gasteiger partial charge in [0.05, 0.1) is 11.9 Å². The standard InChI is InChI=1S/C15H16N6O3S/c1-3-20-7-10(6-16-20)12-8-25-15(17-12)18-13(22)11-4-5-21(19-11)9(2)14(23)24/h4-9H,3H2,1-2H3,(H,23,24)(H,17,18,22). The van der Waals surface area contributed by atoms with Gasteiger partial charge in [-0.05, 0) is 19.9 Å². The van der Waals surface area contributed by atoms with Crippen molar-refractivity contribution in [1.29, 1.82) is 0 Å². The van der Waals surface area contributed by atoms with Crippen molar-refractivity contribution in [2.24, 2.45) is 0 Å². The molecule has 130 valence electrons. The minimum absolute atomic E-state index is 0.128. The highest BCUT2D eigenvalue weighted by Crippen LogP contribution is 2.24. The quantitative estimate of drug-likeness (QED) is 0.696. The van der Waals surface area contributed by atoms with Crippen LogP contribution in [0.5, 0.6) is 0 Å². The molecule has 0 radical (unpaired) electrons. The fourth-order valence-electron chi connectivity index (χ4n) is 2.08. The van der Waals surface area contributed by atoms with Gasteiger partial charge in [-0.3, -0.25) is 19.5 Å². The average molecular weight is 360 g/mol. The number of carboxylic acids is 1. The maximum Gasteiger partial charge on any atom is 0.328 e. The van der Waals surface area contributed by atoms with Crippen molar-refractivity contribution < 1.29 is 14.7 Å². The molecular formula is C15H16N6O3S. The second-order valence-electron chi connectivity index (χ2n) is 5.27. The first-order valence-corrected chi connectivity index (χ1v) is 8.43. The molecule has 1 unspecified atom stereocenters. The lowest BCUT2D eigenvalue weighted by atomic mass is 10.3. The number of carbonyl (C=O) groups is 2. The molecule has 0 saturated heterocycles. The first-order valence-electron chi connectivity index (χ1n) is 7.55. The summed E-state index contributed by atoms with van der Waals surface area (Å²) in [5, 5.41) is 22.1. The number of aromatic nitrogens is 5. The van der Waals surface area contributed by atoms with Crippen molar-refractivity contribution in [1.82, 2.24) is 24.5 Å². The summed E-state index contributed by atoms with van der Waals surface area (Å²) >= 11 is 1.29. The average Bonchev–Trinajstić information content (AvgIpc) is 3.33. The fraction of sp³-hybridized carbons (Fsp3) is 0.267. The zero-order chi connectivity index (χ0) is 18.0. The van der Waals surface area contributed by atoms with Gasteiger partial charge in [-0.1, -0.05) is 0 Å². The zero-order valence-corrected chi connectivity index (χ0v) is 14.4. The third-order valence-corrected chi connectivity index (χ3v) is 4.33. The van der Waals surface area contributed by atoms with Crippen molar-refractivity contribution in [3.05, 3.63) is 35.7 Å². The van der Waals surface area contributed by atoms with Crippen LogP contribution >= 0.6 is 11.3 Å². The Kier molecular flexibility index (Phi) is 4.61. The van der Waals surface area contributed by atoms with Crippen LogP contribution in [0.1, 0.15) is 30.4 Å². The summed E-state index contributed by atoms with van der Waals surface area (Å²) in [5.41, 5.74) is 1.73. The molecule has 3 heterocycles. The van der Waals surface area contributed by atoms with Crippen LogP contribution in [-0.4, -0.2) is 41.5 Å². The molecule has 0 spiro atoms. The first-order chi connectivity index (χ1) is 12.0. The summed E-state index contributed by atoms with van der Waals surface area (Å²) in [7, 11) is 0. The molecule has 1 amide bonds. The van der Waals surface area contributed by atoms with E-state index >= 15 is 0 Å². The summed E-state index contributed by atoms with van der Waals surface area (Å²) in [5.74, 6) is -1.46. The van der Waals surface area contributed by atoms with Crippen molar-refractivity contribution in [3.63, 3.8) is 0 Å². The van der Waals surface area contributed by atoms with Gasteiger partial charge in [0.25, 0.3) is 5.91 Å². The molecule has 0 aromatic carbocycles. The number of aryl methyl sites for hydroxylation is 1. The van der Waals surface area contributed by atoms with E-state index in [1.807, 2.05) is 18.5 Å². The lowest BCUT2D eigenvalue weighted by Gasteiger charge is -2.05. The smallest absolute Gasteiger partial charge is 0.328 e. The van der Waals surface area contributed by atoms with E-state index in [1.54, 1.807) is 10.9 Å². The number of nitrogens with zero attached hydrogens (tertiary/aromatic N) is 5. The molecule has 10 heteroatoms. The Bertz CT molecular complexity index is 912. The molecule has 0 aliphatic rings. The summed E-state index contributed by atoms with van der Waals surface area (Å²) in [4.78, 5) is 27.6. The summed E-state index contributed by atoms with van der Waals surface area (Å²) < 4.78 is 3.02. The molecule has 3 rings (SSSR count). The molecular weight excluding hydrogens is 344 g/mol. The lowest BCUT2D eigenvalue weighted by Crippen LogP contribution is -2.18. The predicted octanol–water partition coefficient (Wildman–Crippen LogP) is 2.12. The van der Waals surface area contributed by atoms with E-state index in [4.69, 9.17) is 5.11 Å². The second-order valence-corrected chi connectivity index (χ2v) is 6.13. The number of rotatable bonds is 6. The topological polar surface area (TPSA) is 115 Å². The Morgan fingerprint density at radius 1 is 1.44 bits per heavy atom. The third kappa shape index (κ3) is 3.58. The van der Waals surface area contributed by atoms with Crippen LogP contribution in [0.25, 0.3) is 11.3 Å². The van der Waals surface area contributed by atoms with Gasteiger partial charge < -0.3 is 5.11 Å². The fourth-order valence-corrected chi connectivity index (χ4v) is 2.80. The highest BCUT2D eigenvalue weighted by Gasteiger charge is 2.18. The molecule has 9 nitrogen and oxygen atoms in total. The molecule has 1 atom stereocenters. The van der Waals surface area contributed by atoms with E-state index in [0.29, 0.717) is 5.13 Å². The van der Waals surface area contributed by atoms with E-state index in [9.17, 15) is 9.59 Å². The largest absolute Gasteiger partial charge is 0.480 e. The Labute approximate surface area is 146 Å². The number of amides is 1. The Morgan fingerprint density at radius 2 is 2.24 bits per heavy atom.